The van der Waals surface area contributed by atoms with Gasteiger partial charge in [-0.2, -0.15) is 0 Å². The van der Waals surface area contributed by atoms with Gasteiger partial charge in [0.1, 0.15) is 0 Å². The molecule has 7 nitrogen and oxygen atoms in total. The number of ether oxygens (including phenoxy) is 1. The number of amides is 2. The zero-order valence-electron chi connectivity index (χ0n) is 14.2. The standard InChI is InChI=1S/C16H22N2O5S2/c1-11(9-16(20)17-6-7-23-2)25(21,22)12-3-4-14-13(10-12)18-15(19)5-8-24-14/h3-4,10-11H,5-9H2,1-2H3,(H,17,20)(H,18,19)/t11-/m0/s1. The normalized spacial score (nSPS) is 15.7. The average Bonchev–Trinajstić information content (AvgIpc) is 2.74. The van der Waals surface area contributed by atoms with Gasteiger partial charge in [-0.1, -0.05) is 0 Å². The second kappa shape index (κ2) is 8.68. The number of hydrogen-bond acceptors (Lipinski definition) is 6. The molecular formula is C16H22N2O5S2. The molecule has 138 valence electrons. The minimum Gasteiger partial charge on any atom is -0.383 e. The van der Waals surface area contributed by atoms with Crippen LogP contribution in [-0.4, -0.2) is 51.5 Å². The van der Waals surface area contributed by atoms with E-state index in [0.717, 1.165) is 4.90 Å². The van der Waals surface area contributed by atoms with E-state index in [1.165, 1.54) is 37.9 Å². The number of hydrogen-bond donors (Lipinski definition) is 2. The van der Waals surface area contributed by atoms with Crippen molar-refractivity contribution in [3.8, 4) is 0 Å². The van der Waals surface area contributed by atoms with Crippen molar-refractivity contribution in [3.05, 3.63) is 18.2 Å². The number of carbonyl (C=O) groups is 2. The number of benzene rings is 1. The van der Waals surface area contributed by atoms with E-state index in [1.807, 2.05) is 0 Å². The van der Waals surface area contributed by atoms with Crippen molar-refractivity contribution in [2.75, 3.05) is 31.3 Å². The fraction of sp³-hybridized carbons (Fsp3) is 0.500. The highest BCUT2D eigenvalue weighted by atomic mass is 32.2. The quantitative estimate of drug-likeness (QED) is 0.688. The topological polar surface area (TPSA) is 102 Å². The lowest BCUT2D eigenvalue weighted by molar-refractivity contribution is -0.121. The van der Waals surface area contributed by atoms with Crippen molar-refractivity contribution in [1.29, 1.82) is 0 Å². The van der Waals surface area contributed by atoms with Crippen LogP contribution in [0.25, 0.3) is 0 Å². The lowest BCUT2D eigenvalue weighted by Crippen LogP contribution is -2.32. The van der Waals surface area contributed by atoms with Gasteiger partial charge in [0, 0.05) is 37.1 Å². The van der Waals surface area contributed by atoms with Crippen molar-refractivity contribution >= 4 is 39.1 Å². The van der Waals surface area contributed by atoms with Crippen LogP contribution in [0, 0.1) is 0 Å². The molecule has 1 aromatic carbocycles. The summed E-state index contributed by atoms with van der Waals surface area (Å²) in [5.74, 6) is 0.182. The molecule has 0 spiro atoms. The summed E-state index contributed by atoms with van der Waals surface area (Å²) >= 11 is 1.51. The van der Waals surface area contributed by atoms with E-state index < -0.39 is 15.1 Å². The molecule has 25 heavy (non-hydrogen) atoms. The van der Waals surface area contributed by atoms with E-state index in [4.69, 9.17) is 4.74 Å². The number of anilines is 1. The summed E-state index contributed by atoms with van der Waals surface area (Å²) in [6.45, 7) is 2.21. The summed E-state index contributed by atoms with van der Waals surface area (Å²) in [6.07, 6.45) is 0.254. The number of methoxy groups -OCH3 is 1. The average molecular weight is 386 g/mol. The summed E-state index contributed by atoms with van der Waals surface area (Å²) in [6, 6.07) is 4.70. The van der Waals surface area contributed by atoms with Crippen molar-refractivity contribution in [1.82, 2.24) is 5.32 Å². The maximum Gasteiger partial charge on any atom is 0.225 e. The van der Waals surface area contributed by atoms with E-state index in [9.17, 15) is 18.0 Å². The van der Waals surface area contributed by atoms with Crippen LogP contribution in [0.1, 0.15) is 19.8 Å². The third kappa shape index (κ3) is 5.20. The van der Waals surface area contributed by atoms with Crippen LogP contribution in [0.2, 0.25) is 0 Å². The molecule has 0 saturated heterocycles. The van der Waals surface area contributed by atoms with Gasteiger partial charge in [-0.3, -0.25) is 9.59 Å². The molecule has 1 atom stereocenters. The molecule has 0 radical (unpaired) electrons. The second-order valence-electron chi connectivity index (χ2n) is 5.71. The molecule has 2 N–H and O–H groups in total. The van der Waals surface area contributed by atoms with Gasteiger partial charge in [0.15, 0.2) is 9.84 Å². The Morgan fingerprint density at radius 2 is 2.20 bits per heavy atom. The van der Waals surface area contributed by atoms with E-state index >= 15 is 0 Å². The third-order valence-electron chi connectivity index (χ3n) is 3.77. The third-order valence-corrected chi connectivity index (χ3v) is 6.98. The molecule has 0 unspecified atom stereocenters. The zero-order chi connectivity index (χ0) is 18.4. The number of fused-ring (bicyclic) bond motifs is 1. The zero-order valence-corrected chi connectivity index (χ0v) is 15.8. The fourth-order valence-electron chi connectivity index (χ4n) is 2.34. The summed E-state index contributed by atoms with van der Waals surface area (Å²) in [7, 11) is -2.16. The Morgan fingerprint density at radius 3 is 2.92 bits per heavy atom. The van der Waals surface area contributed by atoms with Gasteiger partial charge in [0.05, 0.1) is 22.4 Å². The SMILES string of the molecule is COCCNC(=O)C[C@H](C)S(=O)(=O)c1ccc2c(c1)NC(=O)CCS2. The molecule has 2 amide bonds. The first-order valence-corrected chi connectivity index (χ1v) is 10.4. The molecule has 9 heteroatoms. The van der Waals surface area contributed by atoms with E-state index in [-0.39, 0.29) is 23.1 Å². The van der Waals surface area contributed by atoms with Gasteiger partial charge >= 0.3 is 0 Å². The maximum atomic E-state index is 12.7. The Bertz CT molecular complexity index is 749. The molecule has 0 aliphatic carbocycles. The largest absolute Gasteiger partial charge is 0.383 e. The summed E-state index contributed by atoms with van der Waals surface area (Å²) in [5.41, 5.74) is 0.505. The van der Waals surface area contributed by atoms with Gasteiger partial charge < -0.3 is 15.4 Å². The van der Waals surface area contributed by atoms with E-state index in [2.05, 4.69) is 10.6 Å². The Kier molecular flexibility index (Phi) is 6.86. The van der Waals surface area contributed by atoms with Crippen LogP contribution in [0.15, 0.2) is 28.0 Å². The van der Waals surface area contributed by atoms with Crippen LogP contribution < -0.4 is 10.6 Å². The minimum absolute atomic E-state index is 0.103. The summed E-state index contributed by atoms with van der Waals surface area (Å²) in [5, 5.41) is 4.47. The highest BCUT2D eigenvalue weighted by Crippen LogP contribution is 2.33. The molecular weight excluding hydrogens is 364 g/mol. The molecule has 0 bridgehead atoms. The summed E-state index contributed by atoms with van der Waals surface area (Å²) < 4.78 is 30.3. The Hall–Kier alpha value is -1.58. The molecule has 0 saturated carbocycles. The van der Waals surface area contributed by atoms with Crippen molar-refractivity contribution in [3.63, 3.8) is 0 Å². The predicted molar refractivity (Wildman–Crippen MR) is 96.6 cm³/mol. The molecule has 1 aromatic rings. The van der Waals surface area contributed by atoms with Crippen molar-refractivity contribution < 1.29 is 22.7 Å². The Labute approximate surface area is 151 Å². The van der Waals surface area contributed by atoms with Gasteiger partial charge in [-0.05, 0) is 25.1 Å². The Balaban J connectivity index is 2.13. The van der Waals surface area contributed by atoms with Crippen molar-refractivity contribution in [2.45, 2.75) is 34.8 Å². The molecule has 0 fully saturated rings. The molecule has 0 aromatic heterocycles. The molecule has 1 heterocycles. The number of sulfone groups is 1. The second-order valence-corrected chi connectivity index (χ2v) is 9.21. The highest BCUT2D eigenvalue weighted by Gasteiger charge is 2.27. The molecule has 1 aliphatic heterocycles. The number of rotatable bonds is 7. The smallest absolute Gasteiger partial charge is 0.225 e. The lowest BCUT2D eigenvalue weighted by atomic mass is 10.3. The minimum atomic E-state index is -3.68. The van der Waals surface area contributed by atoms with Crippen molar-refractivity contribution in [2.24, 2.45) is 0 Å². The first kappa shape index (κ1) is 19.7. The number of thioether (sulfide) groups is 1. The number of nitrogens with one attached hydrogen (secondary N) is 2. The monoisotopic (exact) mass is 386 g/mol. The molecule has 1 aliphatic rings. The van der Waals surface area contributed by atoms with E-state index in [1.54, 1.807) is 6.07 Å². The first-order chi connectivity index (χ1) is 11.8. The Morgan fingerprint density at radius 1 is 1.44 bits per heavy atom. The van der Waals surface area contributed by atoms with Gasteiger partial charge in [-0.25, -0.2) is 8.42 Å². The van der Waals surface area contributed by atoms with Crippen LogP contribution in [-0.2, 0) is 24.2 Å². The number of carbonyl (C=O) groups excluding carboxylic acids is 2. The predicted octanol–water partition coefficient (Wildman–Crippen LogP) is 1.44. The van der Waals surface area contributed by atoms with Gasteiger partial charge in [0.25, 0.3) is 0 Å². The van der Waals surface area contributed by atoms with Gasteiger partial charge in [0.2, 0.25) is 11.8 Å². The van der Waals surface area contributed by atoms with Crippen LogP contribution >= 0.6 is 11.8 Å². The first-order valence-electron chi connectivity index (χ1n) is 7.91. The lowest BCUT2D eigenvalue weighted by Gasteiger charge is -2.15. The molecule has 2 rings (SSSR count). The van der Waals surface area contributed by atoms with Crippen LogP contribution in [0.5, 0.6) is 0 Å². The van der Waals surface area contributed by atoms with Crippen LogP contribution in [0.4, 0.5) is 5.69 Å². The van der Waals surface area contributed by atoms with E-state index in [0.29, 0.717) is 31.0 Å². The summed E-state index contributed by atoms with van der Waals surface area (Å²) in [4.78, 5) is 24.5. The van der Waals surface area contributed by atoms with Crippen LogP contribution in [0.3, 0.4) is 0 Å². The fourth-order valence-corrected chi connectivity index (χ4v) is 4.66. The maximum absolute atomic E-state index is 12.7. The highest BCUT2D eigenvalue weighted by molar-refractivity contribution is 7.99. The van der Waals surface area contributed by atoms with Gasteiger partial charge in [-0.15, -0.1) is 11.8 Å².